The molecule has 0 N–H and O–H groups in total. The van der Waals surface area contributed by atoms with Crippen LogP contribution in [0.15, 0.2) is 23.7 Å². The van der Waals surface area contributed by atoms with Crippen LogP contribution >= 0.6 is 11.3 Å². The third-order valence-corrected chi connectivity index (χ3v) is 5.04. The highest BCUT2D eigenvalue weighted by atomic mass is 32.1. The van der Waals surface area contributed by atoms with Gasteiger partial charge in [-0.3, -0.25) is 4.79 Å². The van der Waals surface area contributed by atoms with E-state index in [1.54, 1.807) is 11.3 Å². The summed E-state index contributed by atoms with van der Waals surface area (Å²) in [5, 5.41) is 2.06. The van der Waals surface area contributed by atoms with Crippen LogP contribution in [-0.2, 0) is 18.3 Å². The maximum absolute atomic E-state index is 12.3. The topological polar surface area (TPSA) is 38.1 Å². The summed E-state index contributed by atoms with van der Waals surface area (Å²) in [6.45, 7) is 3.69. The molecule has 3 heterocycles. The Morgan fingerprint density at radius 2 is 2.38 bits per heavy atom. The van der Waals surface area contributed by atoms with Gasteiger partial charge >= 0.3 is 0 Å². The normalized spacial score (nSPS) is 18.4. The molecule has 1 fully saturated rings. The van der Waals surface area contributed by atoms with Crippen LogP contribution in [0, 0.1) is 6.92 Å². The Morgan fingerprint density at radius 3 is 3.05 bits per heavy atom. The van der Waals surface area contributed by atoms with Gasteiger partial charge in [0.1, 0.15) is 5.82 Å². The van der Waals surface area contributed by atoms with Gasteiger partial charge in [0.2, 0.25) is 5.91 Å². The number of carbonyl (C=O) groups excluding carboxylic acids is 1. The quantitative estimate of drug-likeness (QED) is 0.871. The monoisotopic (exact) mass is 303 g/mol. The van der Waals surface area contributed by atoms with Crippen molar-refractivity contribution < 1.29 is 4.79 Å². The molecule has 3 rings (SSSR count). The first-order valence-corrected chi connectivity index (χ1v) is 8.31. The molecule has 21 heavy (non-hydrogen) atoms. The fourth-order valence-electron chi connectivity index (χ4n) is 3.05. The molecule has 5 heteroatoms. The van der Waals surface area contributed by atoms with Gasteiger partial charge in [-0.2, -0.15) is 0 Å². The number of nitrogens with zero attached hydrogens (tertiary/aromatic N) is 3. The second-order valence-electron chi connectivity index (χ2n) is 5.76. The Labute approximate surface area is 129 Å². The van der Waals surface area contributed by atoms with Crippen molar-refractivity contribution in [3.63, 3.8) is 0 Å². The van der Waals surface area contributed by atoms with E-state index in [1.807, 2.05) is 24.9 Å². The molecule has 2 aromatic rings. The van der Waals surface area contributed by atoms with Crippen LogP contribution in [0.4, 0.5) is 0 Å². The first kappa shape index (κ1) is 14.3. The molecule has 0 saturated carbocycles. The van der Waals surface area contributed by atoms with Crippen LogP contribution in [-0.4, -0.2) is 33.4 Å². The van der Waals surface area contributed by atoms with Crippen LogP contribution in [0.1, 0.15) is 35.2 Å². The van der Waals surface area contributed by atoms with Gasteiger partial charge in [0.25, 0.3) is 0 Å². The zero-order valence-electron chi connectivity index (χ0n) is 12.6. The average molecular weight is 303 g/mol. The Morgan fingerprint density at radius 1 is 1.52 bits per heavy atom. The summed E-state index contributed by atoms with van der Waals surface area (Å²) >= 11 is 1.73. The minimum absolute atomic E-state index is 0.275. The highest BCUT2D eigenvalue weighted by Crippen LogP contribution is 2.27. The summed E-state index contributed by atoms with van der Waals surface area (Å²) in [4.78, 5) is 20.2. The van der Waals surface area contributed by atoms with Gasteiger partial charge in [0, 0.05) is 43.5 Å². The number of imidazole rings is 1. The van der Waals surface area contributed by atoms with E-state index in [2.05, 4.69) is 27.2 Å². The molecule has 1 aliphatic rings. The molecule has 0 aliphatic carbocycles. The Kier molecular flexibility index (Phi) is 4.10. The van der Waals surface area contributed by atoms with Crippen LogP contribution in [0.5, 0.6) is 0 Å². The highest BCUT2D eigenvalue weighted by molar-refractivity contribution is 7.09. The van der Waals surface area contributed by atoms with E-state index in [0.29, 0.717) is 12.3 Å². The van der Waals surface area contributed by atoms with Crippen LogP contribution in [0.3, 0.4) is 0 Å². The molecule has 0 aromatic carbocycles. The molecule has 2 aromatic heterocycles. The van der Waals surface area contributed by atoms with Gasteiger partial charge in [-0.1, -0.05) is 6.07 Å². The van der Waals surface area contributed by atoms with Crippen LogP contribution in [0.2, 0.25) is 0 Å². The molecule has 1 atom stereocenters. The zero-order valence-corrected chi connectivity index (χ0v) is 13.4. The number of thiophene rings is 1. The van der Waals surface area contributed by atoms with Crippen molar-refractivity contribution in [2.75, 3.05) is 13.1 Å². The zero-order chi connectivity index (χ0) is 14.8. The lowest BCUT2D eigenvalue weighted by Gasteiger charge is -2.16. The molecule has 1 saturated heterocycles. The Hall–Kier alpha value is -1.62. The molecule has 112 valence electrons. The Balaban J connectivity index is 1.56. The van der Waals surface area contributed by atoms with Gasteiger partial charge in [0.05, 0.1) is 5.69 Å². The summed E-state index contributed by atoms with van der Waals surface area (Å²) in [5.74, 6) is 1.77. The van der Waals surface area contributed by atoms with E-state index < -0.39 is 0 Å². The van der Waals surface area contributed by atoms with Gasteiger partial charge in [-0.05, 0) is 31.2 Å². The second-order valence-corrected chi connectivity index (χ2v) is 6.79. The number of aromatic nitrogens is 2. The first-order chi connectivity index (χ1) is 10.1. The average Bonchev–Trinajstić information content (AvgIpc) is 3.16. The SMILES string of the molecule is Cc1cn(C)c([C@@H]2CCN(C(=O)CCc3cccs3)C2)n1. The Bertz CT molecular complexity index is 618. The molecule has 0 spiro atoms. The fraction of sp³-hybridized carbons (Fsp3) is 0.500. The minimum atomic E-state index is 0.275. The summed E-state index contributed by atoms with van der Waals surface area (Å²) < 4.78 is 2.10. The molecule has 0 radical (unpaired) electrons. The summed E-state index contributed by atoms with van der Waals surface area (Å²) in [5.41, 5.74) is 1.05. The van der Waals surface area contributed by atoms with Crippen molar-refractivity contribution in [1.29, 1.82) is 0 Å². The molecular formula is C16H21N3OS. The van der Waals surface area contributed by atoms with Gasteiger partial charge in [0.15, 0.2) is 0 Å². The summed E-state index contributed by atoms with van der Waals surface area (Å²) in [6, 6.07) is 4.14. The molecule has 0 unspecified atom stereocenters. The molecular weight excluding hydrogens is 282 g/mol. The third-order valence-electron chi connectivity index (χ3n) is 4.10. The number of hydrogen-bond donors (Lipinski definition) is 0. The number of carbonyl (C=O) groups is 1. The maximum atomic E-state index is 12.3. The van der Waals surface area contributed by atoms with Crippen molar-refractivity contribution in [2.45, 2.75) is 32.1 Å². The van der Waals surface area contributed by atoms with E-state index >= 15 is 0 Å². The van der Waals surface area contributed by atoms with Crippen molar-refractivity contribution in [3.05, 3.63) is 40.1 Å². The number of rotatable bonds is 4. The van der Waals surface area contributed by atoms with Crippen molar-refractivity contribution >= 4 is 17.2 Å². The first-order valence-electron chi connectivity index (χ1n) is 7.43. The lowest BCUT2D eigenvalue weighted by molar-refractivity contribution is -0.130. The molecule has 1 amide bonds. The molecule has 1 aliphatic heterocycles. The van der Waals surface area contributed by atoms with E-state index in [-0.39, 0.29) is 5.91 Å². The maximum Gasteiger partial charge on any atom is 0.222 e. The van der Waals surface area contributed by atoms with Crippen molar-refractivity contribution in [2.24, 2.45) is 7.05 Å². The minimum Gasteiger partial charge on any atom is -0.342 e. The molecule has 4 nitrogen and oxygen atoms in total. The van der Waals surface area contributed by atoms with E-state index in [4.69, 9.17) is 0 Å². The van der Waals surface area contributed by atoms with Gasteiger partial charge in [-0.25, -0.2) is 4.98 Å². The lowest BCUT2D eigenvalue weighted by atomic mass is 10.1. The number of likely N-dealkylation sites (tertiary alicyclic amines) is 1. The number of hydrogen-bond acceptors (Lipinski definition) is 3. The number of aryl methyl sites for hydroxylation is 3. The lowest BCUT2D eigenvalue weighted by Crippen LogP contribution is -2.28. The van der Waals surface area contributed by atoms with Gasteiger partial charge in [-0.15, -0.1) is 11.3 Å². The standard InChI is InChI=1S/C16H21N3OS/c1-12-10-18(2)16(17-12)13-7-8-19(11-13)15(20)6-5-14-4-3-9-21-14/h3-4,9-10,13H,5-8,11H2,1-2H3/t13-/m1/s1. The predicted molar refractivity (Wildman–Crippen MR) is 84.5 cm³/mol. The van der Waals surface area contributed by atoms with Gasteiger partial charge < -0.3 is 9.47 Å². The predicted octanol–water partition coefficient (Wildman–Crippen LogP) is 2.74. The van der Waals surface area contributed by atoms with Crippen molar-refractivity contribution in [1.82, 2.24) is 14.5 Å². The van der Waals surface area contributed by atoms with E-state index in [9.17, 15) is 4.79 Å². The third kappa shape index (κ3) is 3.18. The highest BCUT2D eigenvalue weighted by Gasteiger charge is 2.29. The smallest absolute Gasteiger partial charge is 0.222 e. The largest absolute Gasteiger partial charge is 0.342 e. The summed E-state index contributed by atoms with van der Waals surface area (Å²) in [6.07, 6.45) is 4.55. The summed E-state index contributed by atoms with van der Waals surface area (Å²) in [7, 11) is 2.04. The number of amides is 1. The van der Waals surface area contributed by atoms with Crippen molar-refractivity contribution in [3.8, 4) is 0 Å². The second kappa shape index (κ2) is 6.02. The van der Waals surface area contributed by atoms with E-state index in [0.717, 1.165) is 37.4 Å². The van der Waals surface area contributed by atoms with Crippen LogP contribution in [0.25, 0.3) is 0 Å². The van der Waals surface area contributed by atoms with E-state index in [1.165, 1.54) is 4.88 Å². The fourth-order valence-corrected chi connectivity index (χ4v) is 3.76. The van der Waals surface area contributed by atoms with Crippen LogP contribution < -0.4 is 0 Å². The molecule has 0 bridgehead atoms.